The fraction of sp³-hybridized carbons (Fsp3) is 0.308. The number of rotatable bonds is 3. The van der Waals surface area contributed by atoms with E-state index in [1.807, 2.05) is 25.1 Å². The van der Waals surface area contributed by atoms with Gasteiger partial charge >= 0.3 is 0 Å². The molecule has 3 nitrogen and oxygen atoms in total. The largest absolute Gasteiger partial charge is 0.489 e. The van der Waals surface area contributed by atoms with E-state index in [0.29, 0.717) is 5.13 Å². The highest BCUT2D eigenvalue weighted by molar-refractivity contribution is 8.01. The summed E-state index contributed by atoms with van der Waals surface area (Å²) in [6.45, 7) is 1.99. The Morgan fingerprint density at radius 3 is 3.16 bits per heavy atom. The first-order chi connectivity index (χ1) is 9.11. The maximum absolute atomic E-state index is 5.99. The van der Waals surface area contributed by atoms with Crippen molar-refractivity contribution in [2.24, 2.45) is 0 Å². The lowest BCUT2D eigenvalue weighted by Gasteiger charge is -2.09. The lowest BCUT2D eigenvalue weighted by Crippen LogP contribution is -2.15. The Labute approximate surface area is 125 Å². The minimum absolute atomic E-state index is 0.196. The number of thiazole rings is 1. The topological polar surface area (TPSA) is 48.1 Å². The number of benzene rings is 1. The van der Waals surface area contributed by atoms with Gasteiger partial charge in [0, 0.05) is 17.2 Å². The second-order valence-electron chi connectivity index (χ2n) is 4.43. The van der Waals surface area contributed by atoms with Gasteiger partial charge < -0.3 is 10.5 Å². The number of halogens is 1. The summed E-state index contributed by atoms with van der Waals surface area (Å²) in [6.07, 6.45) is 1.11. The molecule has 2 N–H and O–H groups in total. The number of nitrogen functional groups attached to an aromatic ring is 1. The lowest BCUT2D eigenvalue weighted by molar-refractivity contribution is 0.259. The smallest absolute Gasteiger partial charge is 0.181 e. The molecular formula is C13H13ClN2OS2. The molecule has 2 aromatic rings. The molecule has 0 bridgehead atoms. The minimum Gasteiger partial charge on any atom is -0.489 e. The van der Waals surface area contributed by atoms with Crippen molar-refractivity contribution in [2.45, 2.75) is 23.7 Å². The summed E-state index contributed by atoms with van der Waals surface area (Å²) in [5.41, 5.74) is 7.90. The third kappa shape index (κ3) is 2.83. The molecule has 1 atom stereocenters. The van der Waals surface area contributed by atoms with Crippen molar-refractivity contribution in [2.75, 3.05) is 11.5 Å². The van der Waals surface area contributed by atoms with Gasteiger partial charge in [0.25, 0.3) is 0 Å². The van der Waals surface area contributed by atoms with E-state index in [-0.39, 0.29) is 6.10 Å². The SMILES string of the molecule is Cc1nc(N)sc1SCC1Cc2cc(Cl)ccc2O1. The van der Waals surface area contributed by atoms with Crippen LogP contribution in [0.1, 0.15) is 11.3 Å². The molecule has 0 aliphatic carbocycles. The number of aromatic nitrogens is 1. The van der Waals surface area contributed by atoms with E-state index in [2.05, 4.69) is 4.98 Å². The standard InChI is InChI=1S/C13H13ClN2OS2/c1-7-12(19-13(15)16-7)18-6-10-5-8-4-9(14)2-3-11(8)17-10/h2-4,10H,5-6H2,1H3,(H2,15,16). The van der Waals surface area contributed by atoms with Gasteiger partial charge in [-0.15, -0.1) is 11.8 Å². The van der Waals surface area contributed by atoms with Crippen molar-refractivity contribution in [3.63, 3.8) is 0 Å². The number of anilines is 1. The van der Waals surface area contributed by atoms with Gasteiger partial charge in [0.05, 0.1) is 9.90 Å². The van der Waals surface area contributed by atoms with Gasteiger partial charge in [0.2, 0.25) is 0 Å². The summed E-state index contributed by atoms with van der Waals surface area (Å²) in [5.74, 6) is 1.85. The number of ether oxygens (including phenoxy) is 1. The van der Waals surface area contributed by atoms with Crippen LogP contribution in [0, 0.1) is 6.92 Å². The first-order valence-corrected chi connectivity index (χ1v) is 8.10. The van der Waals surface area contributed by atoms with E-state index in [0.717, 1.165) is 28.6 Å². The van der Waals surface area contributed by atoms with Gasteiger partial charge in [0.1, 0.15) is 11.9 Å². The van der Waals surface area contributed by atoms with Gasteiger partial charge in [-0.05, 0) is 30.7 Å². The molecule has 1 aliphatic heterocycles. The monoisotopic (exact) mass is 312 g/mol. The molecule has 1 unspecified atom stereocenters. The second kappa shape index (κ2) is 5.23. The predicted octanol–water partition coefficient (Wildman–Crippen LogP) is 3.78. The zero-order valence-electron chi connectivity index (χ0n) is 10.4. The van der Waals surface area contributed by atoms with E-state index in [1.54, 1.807) is 11.8 Å². The van der Waals surface area contributed by atoms with Crippen LogP contribution in [0.25, 0.3) is 0 Å². The minimum atomic E-state index is 0.196. The van der Waals surface area contributed by atoms with E-state index in [4.69, 9.17) is 22.1 Å². The van der Waals surface area contributed by atoms with Crippen LogP contribution in [-0.4, -0.2) is 16.8 Å². The van der Waals surface area contributed by atoms with Crippen molar-refractivity contribution in [1.29, 1.82) is 0 Å². The van der Waals surface area contributed by atoms with Crippen LogP contribution in [0.2, 0.25) is 5.02 Å². The molecule has 1 aliphatic rings. The molecule has 0 saturated heterocycles. The summed E-state index contributed by atoms with van der Waals surface area (Å²) >= 11 is 9.28. The fourth-order valence-electron chi connectivity index (χ4n) is 2.09. The van der Waals surface area contributed by atoms with E-state index < -0.39 is 0 Å². The summed E-state index contributed by atoms with van der Waals surface area (Å²) in [4.78, 5) is 4.22. The number of hydrogen-bond acceptors (Lipinski definition) is 5. The van der Waals surface area contributed by atoms with E-state index in [1.165, 1.54) is 21.1 Å². The van der Waals surface area contributed by atoms with Crippen molar-refractivity contribution >= 4 is 39.8 Å². The summed E-state index contributed by atoms with van der Waals surface area (Å²) in [7, 11) is 0. The molecule has 1 aromatic carbocycles. The summed E-state index contributed by atoms with van der Waals surface area (Å²) in [6, 6.07) is 5.79. The Morgan fingerprint density at radius 1 is 1.58 bits per heavy atom. The molecule has 0 fully saturated rings. The normalized spacial score (nSPS) is 17.3. The summed E-state index contributed by atoms with van der Waals surface area (Å²) < 4.78 is 7.08. The van der Waals surface area contributed by atoms with Crippen LogP contribution in [0.3, 0.4) is 0 Å². The van der Waals surface area contributed by atoms with Gasteiger partial charge in [-0.25, -0.2) is 4.98 Å². The highest BCUT2D eigenvalue weighted by Gasteiger charge is 2.23. The van der Waals surface area contributed by atoms with E-state index >= 15 is 0 Å². The van der Waals surface area contributed by atoms with Gasteiger partial charge in [-0.2, -0.15) is 0 Å². The molecule has 2 heterocycles. The van der Waals surface area contributed by atoms with Crippen molar-refractivity contribution in [3.8, 4) is 5.75 Å². The van der Waals surface area contributed by atoms with Crippen LogP contribution in [0.5, 0.6) is 5.75 Å². The zero-order chi connectivity index (χ0) is 13.4. The average molecular weight is 313 g/mol. The first kappa shape index (κ1) is 13.1. The third-order valence-electron chi connectivity index (χ3n) is 2.93. The van der Waals surface area contributed by atoms with Crippen LogP contribution in [0.4, 0.5) is 5.13 Å². The average Bonchev–Trinajstić information content (AvgIpc) is 2.89. The first-order valence-electron chi connectivity index (χ1n) is 5.92. The quantitative estimate of drug-likeness (QED) is 0.876. The number of thioether (sulfide) groups is 1. The Bertz CT molecular complexity index is 615. The van der Waals surface area contributed by atoms with Crippen LogP contribution < -0.4 is 10.5 Å². The number of nitrogens with two attached hydrogens (primary N) is 1. The zero-order valence-corrected chi connectivity index (χ0v) is 12.7. The molecule has 0 saturated carbocycles. The Hall–Kier alpha value is -0.910. The Balaban J connectivity index is 1.63. The number of hydrogen-bond donors (Lipinski definition) is 1. The van der Waals surface area contributed by atoms with Crippen LogP contribution in [-0.2, 0) is 6.42 Å². The van der Waals surface area contributed by atoms with Crippen LogP contribution in [0.15, 0.2) is 22.4 Å². The maximum Gasteiger partial charge on any atom is 0.181 e. The lowest BCUT2D eigenvalue weighted by atomic mass is 10.1. The fourth-order valence-corrected chi connectivity index (χ4v) is 4.32. The Morgan fingerprint density at radius 2 is 2.42 bits per heavy atom. The van der Waals surface area contributed by atoms with Gasteiger partial charge in [0.15, 0.2) is 5.13 Å². The highest BCUT2D eigenvalue weighted by Crippen LogP contribution is 2.35. The molecule has 3 rings (SSSR count). The van der Waals surface area contributed by atoms with Crippen molar-refractivity contribution in [1.82, 2.24) is 4.98 Å². The Kier molecular flexibility index (Phi) is 3.60. The molecule has 19 heavy (non-hydrogen) atoms. The van der Waals surface area contributed by atoms with E-state index in [9.17, 15) is 0 Å². The molecular weight excluding hydrogens is 300 g/mol. The molecule has 0 amide bonds. The van der Waals surface area contributed by atoms with Crippen molar-refractivity contribution < 1.29 is 4.74 Å². The number of aryl methyl sites for hydroxylation is 1. The number of nitrogens with zero attached hydrogens (tertiary/aromatic N) is 1. The molecule has 0 radical (unpaired) electrons. The number of fused-ring (bicyclic) bond motifs is 1. The predicted molar refractivity (Wildman–Crippen MR) is 81.6 cm³/mol. The molecule has 1 aromatic heterocycles. The van der Waals surface area contributed by atoms with Crippen LogP contribution >= 0.6 is 34.7 Å². The maximum atomic E-state index is 5.99. The van der Waals surface area contributed by atoms with Gasteiger partial charge in [-0.3, -0.25) is 0 Å². The molecule has 100 valence electrons. The molecule has 0 spiro atoms. The van der Waals surface area contributed by atoms with Crippen molar-refractivity contribution in [3.05, 3.63) is 34.5 Å². The third-order valence-corrected chi connectivity index (χ3v) is 5.65. The molecule has 6 heteroatoms. The summed E-state index contributed by atoms with van der Waals surface area (Å²) in [5, 5.41) is 1.39. The highest BCUT2D eigenvalue weighted by atomic mass is 35.5. The second-order valence-corrected chi connectivity index (χ2v) is 7.19. The van der Waals surface area contributed by atoms with Gasteiger partial charge in [-0.1, -0.05) is 22.9 Å².